The van der Waals surface area contributed by atoms with Crippen LogP contribution in [0.5, 0.6) is 11.5 Å². The van der Waals surface area contributed by atoms with Crippen LogP contribution < -0.4 is 9.47 Å². The Morgan fingerprint density at radius 1 is 1.35 bits per heavy atom. The fraction of sp³-hybridized carbons (Fsp3) is 0.571. The molecule has 0 aromatic heterocycles. The minimum absolute atomic E-state index is 0.111. The Labute approximate surface area is 101 Å². The highest BCUT2D eigenvalue weighted by atomic mass is 16.5. The van der Waals surface area contributed by atoms with E-state index in [2.05, 4.69) is 6.92 Å². The van der Waals surface area contributed by atoms with Crippen molar-refractivity contribution in [3.63, 3.8) is 0 Å². The first kappa shape index (κ1) is 10.9. The van der Waals surface area contributed by atoms with Gasteiger partial charge in [-0.3, -0.25) is 0 Å². The normalized spacial score (nSPS) is 34.8. The number of hydrogen-bond donors (Lipinski definition) is 1. The van der Waals surface area contributed by atoms with E-state index in [1.165, 1.54) is 0 Å². The van der Waals surface area contributed by atoms with Crippen molar-refractivity contribution in [2.24, 2.45) is 5.92 Å². The van der Waals surface area contributed by atoms with Crippen molar-refractivity contribution < 1.29 is 14.6 Å². The van der Waals surface area contributed by atoms with E-state index in [1.807, 2.05) is 18.2 Å². The third-order valence-corrected chi connectivity index (χ3v) is 3.91. The Hall–Kier alpha value is -1.22. The van der Waals surface area contributed by atoms with E-state index in [0.717, 1.165) is 29.9 Å². The van der Waals surface area contributed by atoms with Crippen molar-refractivity contribution in [3.05, 3.63) is 23.8 Å². The fourth-order valence-corrected chi connectivity index (χ4v) is 3.20. The standard InChI is InChI=1S/C14H18O3/c1-9-6-14(7-9)8-12(15)11-5-10(16-2)3-4-13(11)17-14/h3-5,9,12,15H,6-8H2,1-2H3. The second-order valence-electron chi connectivity index (χ2n) is 5.42. The smallest absolute Gasteiger partial charge is 0.126 e. The lowest BCUT2D eigenvalue weighted by atomic mass is 9.67. The molecule has 1 N–H and O–H groups in total. The van der Waals surface area contributed by atoms with Crippen LogP contribution in [0.3, 0.4) is 0 Å². The summed E-state index contributed by atoms with van der Waals surface area (Å²) >= 11 is 0. The molecule has 2 aliphatic rings. The molecule has 92 valence electrons. The van der Waals surface area contributed by atoms with Crippen molar-refractivity contribution >= 4 is 0 Å². The van der Waals surface area contributed by atoms with E-state index in [9.17, 15) is 5.11 Å². The van der Waals surface area contributed by atoms with E-state index in [0.29, 0.717) is 12.3 Å². The van der Waals surface area contributed by atoms with E-state index in [-0.39, 0.29) is 5.60 Å². The Morgan fingerprint density at radius 3 is 2.76 bits per heavy atom. The first-order chi connectivity index (χ1) is 8.12. The number of rotatable bonds is 1. The summed E-state index contributed by atoms with van der Waals surface area (Å²) in [6, 6.07) is 5.66. The molecular weight excluding hydrogens is 216 g/mol. The van der Waals surface area contributed by atoms with Gasteiger partial charge in [-0.05, 0) is 37.0 Å². The predicted molar refractivity (Wildman–Crippen MR) is 64.3 cm³/mol. The van der Waals surface area contributed by atoms with Gasteiger partial charge in [0.1, 0.15) is 17.1 Å². The van der Waals surface area contributed by atoms with Crippen molar-refractivity contribution in [2.45, 2.75) is 37.9 Å². The van der Waals surface area contributed by atoms with Gasteiger partial charge in [0.2, 0.25) is 0 Å². The van der Waals surface area contributed by atoms with Crippen LogP contribution in [-0.2, 0) is 0 Å². The highest BCUT2D eigenvalue weighted by Gasteiger charge is 2.48. The largest absolute Gasteiger partial charge is 0.497 e. The average molecular weight is 234 g/mol. The van der Waals surface area contributed by atoms with Crippen LogP contribution in [-0.4, -0.2) is 17.8 Å². The van der Waals surface area contributed by atoms with Gasteiger partial charge < -0.3 is 14.6 Å². The zero-order valence-corrected chi connectivity index (χ0v) is 10.3. The van der Waals surface area contributed by atoms with Gasteiger partial charge >= 0.3 is 0 Å². The molecule has 1 spiro atoms. The number of methoxy groups -OCH3 is 1. The van der Waals surface area contributed by atoms with E-state index in [1.54, 1.807) is 7.11 Å². The molecule has 1 aromatic carbocycles. The fourth-order valence-electron chi connectivity index (χ4n) is 3.20. The molecule has 0 amide bonds. The van der Waals surface area contributed by atoms with Gasteiger partial charge in [-0.1, -0.05) is 6.92 Å². The van der Waals surface area contributed by atoms with Crippen LogP contribution in [0.4, 0.5) is 0 Å². The number of aliphatic hydroxyl groups excluding tert-OH is 1. The lowest BCUT2D eigenvalue weighted by molar-refractivity contribution is -0.0926. The van der Waals surface area contributed by atoms with E-state index in [4.69, 9.17) is 9.47 Å². The van der Waals surface area contributed by atoms with Gasteiger partial charge in [0, 0.05) is 12.0 Å². The molecule has 1 aliphatic carbocycles. The van der Waals surface area contributed by atoms with Crippen molar-refractivity contribution in [3.8, 4) is 11.5 Å². The molecule has 1 aliphatic heterocycles. The molecule has 0 radical (unpaired) electrons. The quantitative estimate of drug-likeness (QED) is 0.812. The number of fused-ring (bicyclic) bond motifs is 1. The molecule has 3 heteroatoms. The number of hydrogen-bond acceptors (Lipinski definition) is 3. The van der Waals surface area contributed by atoms with Crippen LogP contribution in [0.25, 0.3) is 0 Å². The summed E-state index contributed by atoms with van der Waals surface area (Å²) in [5.41, 5.74) is 0.745. The van der Waals surface area contributed by atoms with E-state index < -0.39 is 6.10 Å². The minimum Gasteiger partial charge on any atom is -0.497 e. The van der Waals surface area contributed by atoms with Gasteiger partial charge in [0.15, 0.2) is 0 Å². The highest BCUT2D eigenvalue weighted by molar-refractivity contribution is 5.44. The van der Waals surface area contributed by atoms with Crippen LogP contribution in [0, 0.1) is 5.92 Å². The summed E-state index contributed by atoms with van der Waals surface area (Å²) in [5.74, 6) is 2.29. The zero-order chi connectivity index (χ0) is 12.0. The van der Waals surface area contributed by atoms with Gasteiger partial charge in [-0.2, -0.15) is 0 Å². The summed E-state index contributed by atoms with van der Waals surface area (Å²) < 4.78 is 11.3. The van der Waals surface area contributed by atoms with Crippen molar-refractivity contribution in [1.29, 1.82) is 0 Å². The van der Waals surface area contributed by atoms with Gasteiger partial charge in [0.05, 0.1) is 13.2 Å². The molecule has 1 atom stereocenters. The average Bonchev–Trinajstić information content (AvgIpc) is 2.27. The lowest BCUT2D eigenvalue weighted by Crippen LogP contribution is -2.51. The lowest BCUT2D eigenvalue weighted by Gasteiger charge is -2.50. The summed E-state index contributed by atoms with van der Waals surface area (Å²) in [7, 11) is 1.63. The SMILES string of the molecule is COc1ccc2c(c1)C(O)CC1(CC(C)C1)O2. The number of ether oxygens (including phenoxy) is 2. The Balaban J connectivity index is 1.92. The highest BCUT2D eigenvalue weighted by Crippen LogP contribution is 2.51. The van der Waals surface area contributed by atoms with Crippen molar-refractivity contribution in [1.82, 2.24) is 0 Å². The summed E-state index contributed by atoms with van der Waals surface area (Å²) in [6.45, 7) is 2.23. The molecule has 1 heterocycles. The number of aliphatic hydroxyl groups is 1. The molecular formula is C14H18O3. The second-order valence-corrected chi connectivity index (χ2v) is 5.42. The first-order valence-corrected chi connectivity index (χ1v) is 6.17. The predicted octanol–water partition coefficient (Wildman–Crippen LogP) is 2.68. The maximum absolute atomic E-state index is 10.2. The van der Waals surface area contributed by atoms with E-state index >= 15 is 0 Å². The molecule has 1 fully saturated rings. The van der Waals surface area contributed by atoms with Crippen molar-refractivity contribution in [2.75, 3.05) is 7.11 Å². The topological polar surface area (TPSA) is 38.7 Å². The molecule has 1 aromatic rings. The Morgan fingerprint density at radius 2 is 2.12 bits per heavy atom. The molecule has 17 heavy (non-hydrogen) atoms. The third-order valence-electron chi connectivity index (χ3n) is 3.91. The Bertz CT molecular complexity index is 435. The van der Waals surface area contributed by atoms with Gasteiger partial charge in [0.25, 0.3) is 0 Å². The van der Waals surface area contributed by atoms with Crippen LogP contribution in [0.1, 0.15) is 37.9 Å². The zero-order valence-electron chi connectivity index (χ0n) is 10.3. The van der Waals surface area contributed by atoms with Crippen LogP contribution in [0.2, 0.25) is 0 Å². The molecule has 0 saturated heterocycles. The Kier molecular flexibility index (Phi) is 2.33. The van der Waals surface area contributed by atoms with Gasteiger partial charge in [-0.15, -0.1) is 0 Å². The monoisotopic (exact) mass is 234 g/mol. The second kappa shape index (κ2) is 3.64. The molecule has 1 saturated carbocycles. The van der Waals surface area contributed by atoms with Gasteiger partial charge in [-0.25, -0.2) is 0 Å². The maximum atomic E-state index is 10.2. The third kappa shape index (κ3) is 1.69. The van der Waals surface area contributed by atoms with Crippen LogP contribution >= 0.6 is 0 Å². The first-order valence-electron chi connectivity index (χ1n) is 6.17. The summed E-state index contributed by atoms with van der Waals surface area (Å²) in [5, 5.41) is 10.2. The summed E-state index contributed by atoms with van der Waals surface area (Å²) in [4.78, 5) is 0. The maximum Gasteiger partial charge on any atom is 0.126 e. The summed E-state index contributed by atoms with van der Waals surface area (Å²) in [6.07, 6.45) is 2.38. The molecule has 3 nitrogen and oxygen atoms in total. The molecule has 1 unspecified atom stereocenters. The number of benzene rings is 1. The molecule has 0 bridgehead atoms. The minimum atomic E-state index is -0.429. The van der Waals surface area contributed by atoms with Crippen LogP contribution in [0.15, 0.2) is 18.2 Å². The molecule has 3 rings (SSSR count).